The highest BCUT2D eigenvalue weighted by atomic mass is 19.1. The summed E-state index contributed by atoms with van der Waals surface area (Å²) in [4.78, 5) is 28.8. The number of aryl methyl sites for hydroxylation is 1. The molecule has 0 spiro atoms. The van der Waals surface area contributed by atoms with E-state index in [4.69, 9.17) is 4.84 Å². The van der Waals surface area contributed by atoms with Crippen molar-refractivity contribution in [1.29, 1.82) is 0 Å². The van der Waals surface area contributed by atoms with Crippen LogP contribution in [0.5, 0.6) is 0 Å². The quantitative estimate of drug-likeness (QED) is 0.613. The van der Waals surface area contributed by atoms with Gasteiger partial charge in [-0.25, -0.2) is 9.87 Å². The van der Waals surface area contributed by atoms with Crippen molar-refractivity contribution in [2.75, 3.05) is 11.9 Å². The molecule has 1 heterocycles. The topological polar surface area (TPSA) is 72.4 Å². The lowest BCUT2D eigenvalue weighted by molar-refractivity contribution is 0.0364. The molecule has 9 heteroatoms. The van der Waals surface area contributed by atoms with Gasteiger partial charge >= 0.3 is 0 Å². The fourth-order valence-electron chi connectivity index (χ4n) is 2.13. The van der Waals surface area contributed by atoms with E-state index in [-0.39, 0.29) is 17.9 Å². The highest BCUT2D eigenvalue weighted by molar-refractivity contribution is 6.51. The summed E-state index contributed by atoms with van der Waals surface area (Å²) in [7, 11) is 3.01. The minimum atomic E-state index is -1.20. The molecule has 0 saturated carbocycles. The molecule has 1 amide bonds. The first-order valence-corrected chi connectivity index (χ1v) is 7.56. The summed E-state index contributed by atoms with van der Waals surface area (Å²) in [5.74, 6) is -2.61. The van der Waals surface area contributed by atoms with Crippen LogP contribution in [0.3, 0.4) is 0 Å². The number of nitrogens with zero attached hydrogens (tertiary/aromatic N) is 1. The van der Waals surface area contributed by atoms with Gasteiger partial charge in [0.2, 0.25) is 5.82 Å². The van der Waals surface area contributed by atoms with E-state index in [1.165, 1.54) is 19.2 Å². The van der Waals surface area contributed by atoms with Crippen LogP contribution in [0.1, 0.15) is 17.3 Å². The van der Waals surface area contributed by atoms with Crippen LogP contribution in [-0.4, -0.2) is 24.4 Å². The maximum Gasteiger partial charge on any atom is 0.288 e. The fraction of sp³-hybridized carbons (Fsp3) is 0.250. The molecule has 0 aliphatic heterocycles. The van der Waals surface area contributed by atoms with Crippen molar-refractivity contribution >= 4 is 30.0 Å². The molecule has 25 heavy (non-hydrogen) atoms. The second-order valence-electron chi connectivity index (χ2n) is 5.16. The number of anilines is 2. The zero-order valence-electron chi connectivity index (χ0n) is 14.0. The SMILES string of the molecule is C[B]c1ccc(Nc2c(C(=O)NOCC)cn(C)c(=O)c2F)c(F)c1. The third kappa shape index (κ3) is 4.05. The Bertz CT molecular complexity index is 855. The summed E-state index contributed by atoms with van der Waals surface area (Å²) in [6, 6.07) is 4.26. The van der Waals surface area contributed by atoms with Crippen molar-refractivity contribution in [3.8, 4) is 0 Å². The predicted molar refractivity (Wildman–Crippen MR) is 91.7 cm³/mol. The highest BCUT2D eigenvalue weighted by Gasteiger charge is 2.21. The van der Waals surface area contributed by atoms with Gasteiger partial charge in [0.1, 0.15) is 13.1 Å². The summed E-state index contributed by atoms with van der Waals surface area (Å²) in [5, 5.41) is 2.49. The van der Waals surface area contributed by atoms with Crippen LogP contribution in [0.25, 0.3) is 0 Å². The molecule has 0 fully saturated rings. The largest absolute Gasteiger partial charge is 0.350 e. The van der Waals surface area contributed by atoms with Gasteiger partial charge in [-0.1, -0.05) is 18.4 Å². The van der Waals surface area contributed by atoms with E-state index in [1.54, 1.807) is 27.1 Å². The van der Waals surface area contributed by atoms with E-state index in [0.717, 1.165) is 10.8 Å². The maximum atomic E-state index is 14.4. The molecule has 2 N–H and O–H groups in total. The lowest BCUT2D eigenvalue weighted by Crippen LogP contribution is -2.29. The predicted octanol–water partition coefficient (Wildman–Crippen LogP) is 1.47. The zero-order valence-corrected chi connectivity index (χ0v) is 14.0. The molecule has 0 aliphatic carbocycles. The molecular formula is C16H17BF2N3O3. The Kier molecular flexibility index (Phi) is 5.92. The Balaban J connectivity index is 2.50. The van der Waals surface area contributed by atoms with Crippen LogP contribution in [-0.2, 0) is 11.9 Å². The normalized spacial score (nSPS) is 10.4. The van der Waals surface area contributed by atoms with Gasteiger partial charge in [0.05, 0.1) is 23.5 Å². The summed E-state index contributed by atoms with van der Waals surface area (Å²) in [6.45, 7) is 3.60. The number of hydroxylamine groups is 1. The molecule has 0 aliphatic rings. The second-order valence-corrected chi connectivity index (χ2v) is 5.16. The average molecular weight is 348 g/mol. The number of carbonyl (C=O) groups excluding carboxylic acids is 1. The molecule has 1 aromatic carbocycles. The maximum absolute atomic E-state index is 14.4. The van der Waals surface area contributed by atoms with Crippen LogP contribution in [0.4, 0.5) is 20.2 Å². The Labute approximate surface area is 144 Å². The minimum absolute atomic E-state index is 0.0665. The van der Waals surface area contributed by atoms with Crippen LogP contribution in [0.2, 0.25) is 6.82 Å². The van der Waals surface area contributed by atoms with Crippen molar-refractivity contribution < 1.29 is 18.4 Å². The van der Waals surface area contributed by atoms with Crippen LogP contribution < -0.4 is 21.8 Å². The number of aromatic nitrogens is 1. The number of amides is 1. The number of rotatable bonds is 6. The molecule has 2 rings (SSSR count). The third-order valence-electron chi connectivity index (χ3n) is 3.46. The summed E-state index contributed by atoms with van der Waals surface area (Å²) in [6.07, 6.45) is 1.15. The molecule has 0 atom stereocenters. The van der Waals surface area contributed by atoms with E-state index in [1.807, 2.05) is 0 Å². The van der Waals surface area contributed by atoms with E-state index in [9.17, 15) is 18.4 Å². The van der Waals surface area contributed by atoms with Gasteiger partial charge < -0.3 is 9.88 Å². The Hall–Kier alpha value is -2.68. The minimum Gasteiger partial charge on any atom is -0.350 e. The van der Waals surface area contributed by atoms with Crippen molar-refractivity contribution in [2.45, 2.75) is 13.7 Å². The van der Waals surface area contributed by atoms with Gasteiger partial charge in [0.15, 0.2) is 0 Å². The van der Waals surface area contributed by atoms with Crippen molar-refractivity contribution in [3.05, 3.63) is 51.9 Å². The third-order valence-corrected chi connectivity index (χ3v) is 3.46. The van der Waals surface area contributed by atoms with Gasteiger partial charge in [0, 0.05) is 13.2 Å². The standard InChI is InChI=1S/C16H17BF2N3O3/c1-4-25-21-15(23)10-8-22(3)16(24)13(19)14(10)20-12-6-5-9(17-2)7-11(12)18/h5-8,20H,4H2,1-3H3,(H,21,23). The molecule has 0 unspecified atom stereocenters. The van der Waals surface area contributed by atoms with Gasteiger partial charge in [-0.05, 0) is 19.1 Å². The number of halogens is 2. The summed E-state index contributed by atoms with van der Waals surface area (Å²) in [5.41, 5.74) is 1.13. The first kappa shape index (κ1) is 18.7. The van der Waals surface area contributed by atoms with Crippen molar-refractivity contribution in [2.24, 2.45) is 7.05 Å². The van der Waals surface area contributed by atoms with E-state index < -0.39 is 28.8 Å². The average Bonchev–Trinajstić information content (AvgIpc) is 2.61. The second kappa shape index (κ2) is 7.93. The van der Waals surface area contributed by atoms with Gasteiger partial charge in [-0.3, -0.25) is 14.4 Å². The fourth-order valence-corrected chi connectivity index (χ4v) is 2.13. The molecular weight excluding hydrogens is 331 g/mol. The molecule has 0 saturated heterocycles. The van der Waals surface area contributed by atoms with Crippen molar-refractivity contribution in [3.63, 3.8) is 0 Å². The number of benzene rings is 1. The van der Waals surface area contributed by atoms with Gasteiger partial charge in [-0.15, -0.1) is 0 Å². The molecule has 6 nitrogen and oxygen atoms in total. The Morgan fingerprint density at radius 3 is 2.68 bits per heavy atom. The van der Waals surface area contributed by atoms with Gasteiger partial charge in [-0.2, -0.15) is 4.39 Å². The van der Waals surface area contributed by atoms with E-state index in [0.29, 0.717) is 5.46 Å². The number of pyridine rings is 1. The molecule has 131 valence electrons. The zero-order chi connectivity index (χ0) is 18.6. The molecule has 1 aromatic heterocycles. The van der Waals surface area contributed by atoms with Crippen molar-refractivity contribution in [1.82, 2.24) is 10.0 Å². The summed E-state index contributed by atoms with van der Waals surface area (Å²) >= 11 is 0. The molecule has 0 bridgehead atoms. The Morgan fingerprint density at radius 2 is 2.08 bits per heavy atom. The summed E-state index contributed by atoms with van der Waals surface area (Å²) < 4.78 is 29.5. The van der Waals surface area contributed by atoms with E-state index >= 15 is 0 Å². The highest BCUT2D eigenvalue weighted by Crippen LogP contribution is 2.24. The first-order valence-electron chi connectivity index (χ1n) is 7.56. The Morgan fingerprint density at radius 1 is 1.36 bits per heavy atom. The van der Waals surface area contributed by atoms with Gasteiger partial charge in [0.25, 0.3) is 11.5 Å². The lowest BCUT2D eigenvalue weighted by atomic mass is 9.73. The lowest BCUT2D eigenvalue weighted by Gasteiger charge is -2.15. The number of nitrogens with one attached hydrogen (secondary N) is 2. The number of hydrogen-bond donors (Lipinski definition) is 2. The first-order chi connectivity index (χ1) is 11.9. The smallest absolute Gasteiger partial charge is 0.288 e. The van der Waals surface area contributed by atoms with Crippen LogP contribution in [0.15, 0.2) is 29.2 Å². The number of hydrogen-bond acceptors (Lipinski definition) is 4. The number of carbonyl (C=O) groups is 1. The van der Waals surface area contributed by atoms with Crippen LogP contribution >= 0.6 is 0 Å². The molecule has 2 aromatic rings. The van der Waals surface area contributed by atoms with E-state index in [2.05, 4.69) is 10.8 Å². The monoisotopic (exact) mass is 348 g/mol. The van der Waals surface area contributed by atoms with Crippen LogP contribution in [0, 0.1) is 11.6 Å². The molecule has 1 radical (unpaired) electrons.